The highest BCUT2D eigenvalue weighted by atomic mass is 16.5. The van der Waals surface area contributed by atoms with Gasteiger partial charge in [-0.2, -0.15) is 0 Å². The largest absolute Gasteiger partial charge is 0.505 e. The van der Waals surface area contributed by atoms with Crippen LogP contribution in [0.1, 0.15) is 29.9 Å². The summed E-state index contributed by atoms with van der Waals surface area (Å²) in [5.74, 6) is 0.429. The number of aromatic nitrogens is 1. The summed E-state index contributed by atoms with van der Waals surface area (Å²) < 4.78 is 12.6. The molecule has 0 amide bonds. The van der Waals surface area contributed by atoms with E-state index in [0.717, 1.165) is 11.4 Å². The highest BCUT2D eigenvalue weighted by Crippen LogP contribution is 2.24. The fourth-order valence-corrected chi connectivity index (χ4v) is 1.95. The van der Waals surface area contributed by atoms with Crippen molar-refractivity contribution in [3.8, 4) is 11.5 Å². The lowest BCUT2D eigenvalue weighted by Gasteiger charge is -2.11. The summed E-state index contributed by atoms with van der Waals surface area (Å²) in [6.45, 7) is 1.06. The number of nitrogens with one attached hydrogen (secondary N) is 1. The van der Waals surface area contributed by atoms with Crippen LogP contribution in [0.25, 0.3) is 0 Å². The Hall–Kier alpha value is -2.60. The lowest BCUT2D eigenvalue weighted by molar-refractivity contribution is 0.111. The Morgan fingerprint density at radius 2 is 2.14 bits per heavy atom. The molecule has 0 aliphatic carbocycles. The van der Waals surface area contributed by atoms with E-state index in [9.17, 15) is 15.0 Å². The maximum atomic E-state index is 11.1. The van der Waals surface area contributed by atoms with Crippen LogP contribution in [0.15, 0.2) is 30.5 Å². The Balaban J connectivity index is 2.12. The molecule has 0 aliphatic heterocycles. The predicted molar refractivity (Wildman–Crippen MR) is 82.1 cm³/mol. The fourth-order valence-electron chi connectivity index (χ4n) is 1.95. The SMILES string of the molecule is [2H]C(O)c1cnc(CNc2ccc(OCC)cc2)c(O)c1C=O. The van der Waals surface area contributed by atoms with E-state index >= 15 is 0 Å². The number of ether oxygens (including phenoxy) is 1. The first-order valence-corrected chi connectivity index (χ1v) is 6.79. The summed E-state index contributed by atoms with van der Waals surface area (Å²) in [6.07, 6.45) is 1.63. The molecule has 0 saturated heterocycles. The summed E-state index contributed by atoms with van der Waals surface area (Å²) in [7, 11) is 0. The maximum absolute atomic E-state index is 11.1. The standard InChI is InChI=1S/C16H18N2O4/c1-2-22-13-5-3-12(4-6-13)17-8-15-16(21)14(10-20)11(9-19)7-18-15/h3-7,10,17,19,21H,2,8-9H2,1H3/i9D. The van der Waals surface area contributed by atoms with Gasteiger partial charge in [0.2, 0.25) is 0 Å². The number of aromatic hydroxyl groups is 1. The molecule has 0 aliphatic rings. The summed E-state index contributed by atoms with van der Waals surface area (Å²) >= 11 is 0. The van der Waals surface area contributed by atoms with Crippen molar-refractivity contribution in [2.24, 2.45) is 0 Å². The van der Waals surface area contributed by atoms with Crippen LogP contribution in [-0.4, -0.2) is 28.1 Å². The number of hydrogen-bond acceptors (Lipinski definition) is 6. The van der Waals surface area contributed by atoms with E-state index in [0.29, 0.717) is 12.9 Å². The number of rotatable bonds is 7. The molecule has 0 saturated carbocycles. The zero-order valence-corrected chi connectivity index (χ0v) is 12.1. The maximum Gasteiger partial charge on any atom is 0.154 e. The Morgan fingerprint density at radius 1 is 1.41 bits per heavy atom. The summed E-state index contributed by atoms with van der Waals surface area (Å²) in [4.78, 5) is 15.1. The Kier molecular flexibility index (Phi) is 4.84. The average Bonchev–Trinajstić information content (AvgIpc) is 2.55. The van der Waals surface area contributed by atoms with Gasteiger partial charge in [-0.15, -0.1) is 0 Å². The van der Waals surface area contributed by atoms with Crippen molar-refractivity contribution >= 4 is 12.0 Å². The first-order chi connectivity index (χ1) is 11.1. The molecule has 1 unspecified atom stereocenters. The molecule has 1 aromatic heterocycles. The molecule has 0 spiro atoms. The first kappa shape index (κ1) is 14.3. The number of hydrogen-bond donors (Lipinski definition) is 3. The number of aliphatic hydroxyl groups is 1. The van der Waals surface area contributed by atoms with E-state index in [-0.39, 0.29) is 29.1 Å². The minimum absolute atomic E-state index is 0.0256. The third-order valence-electron chi connectivity index (χ3n) is 3.08. The van der Waals surface area contributed by atoms with Crippen molar-refractivity contribution in [2.45, 2.75) is 20.1 Å². The molecule has 116 valence electrons. The number of benzene rings is 1. The van der Waals surface area contributed by atoms with Crippen LogP contribution < -0.4 is 10.1 Å². The van der Waals surface area contributed by atoms with Gasteiger partial charge in [0.05, 0.1) is 26.7 Å². The number of anilines is 1. The lowest BCUT2D eigenvalue weighted by Crippen LogP contribution is -2.05. The molecule has 0 bridgehead atoms. The Labute approximate surface area is 129 Å². The smallest absolute Gasteiger partial charge is 0.154 e. The molecule has 2 aromatic rings. The number of carbonyl (C=O) groups is 1. The van der Waals surface area contributed by atoms with Gasteiger partial charge in [-0.25, -0.2) is 0 Å². The van der Waals surface area contributed by atoms with E-state index in [2.05, 4.69) is 10.3 Å². The first-order valence-electron chi connectivity index (χ1n) is 7.37. The van der Waals surface area contributed by atoms with Crippen molar-refractivity contribution in [3.63, 3.8) is 0 Å². The molecule has 22 heavy (non-hydrogen) atoms. The summed E-state index contributed by atoms with van der Waals surface area (Å²) in [5.41, 5.74) is 0.908. The molecular formula is C16H18N2O4. The van der Waals surface area contributed by atoms with Crippen LogP contribution in [0.2, 0.25) is 0 Å². The quantitative estimate of drug-likeness (QED) is 0.679. The molecule has 0 radical (unpaired) electrons. The second-order valence-corrected chi connectivity index (χ2v) is 4.48. The second-order valence-electron chi connectivity index (χ2n) is 4.48. The minimum atomic E-state index is -1.62. The predicted octanol–water partition coefficient (Wildman–Crippen LogP) is 2.10. The number of nitrogens with zero attached hydrogens (tertiary/aromatic N) is 1. The summed E-state index contributed by atoms with van der Waals surface area (Å²) in [6, 6.07) is 7.28. The zero-order valence-electron chi connectivity index (χ0n) is 13.1. The number of aldehydes is 1. The minimum Gasteiger partial charge on any atom is -0.505 e. The van der Waals surface area contributed by atoms with Crippen molar-refractivity contribution < 1.29 is 21.1 Å². The van der Waals surface area contributed by atoms with Crippen molar-refractivity contribution in [1.82, 2.24) is 4.98 Å². The van der Waals surface area contributed by atoms with Crippen LogP contribution in [0.3, 0.4) is 0 Å². The van der Waals surface area contributed by atoms with Crippen molar-refractivity contribution in [2.75, 3.05) is 11.9 Å². The number of carbonyl (C=O) groups excluding carboxylic acids is 1. The Morgan fingerprint density at radius 3 is 2.73 bits per heavy atom. The van der Waals surface area contributed by atoms with Gasteiger partial charge >= 0.3 is 0 Å². The van der Waals surface area contributed by atoms with Gasteiger partial charge in [-0.3, -0.25) is 9.78 Å². The van der Waals surface area contributed by atoms with Gasteiger partial charge in [-0.05, 0) is 31.2 Å². The molecule has 1 heterocycles. The topological polar surface area (TPSA) is 91.7 Å². The molecule has 1 atom stereocenters. The van der Waals surface area contributed by atoms with E-state index in [4.69, 9.17) is 6.11 Å². The third-order valence-corrected chi connectivity index (χ3v) is 3.08. The number of pyridine rings is 1. The third kappa shape index (κ3) is 3.53. The molecule has 6 heteroatoms. The van der Waals surface area contributed by atoms with Crippen molar-refractivity contribution in [1.29, 1.82) is 0 Å². The van der Waals surface area contributed by atoms with E-state index in [1.54, 1.807) is 0 Å². The van der Waals surface area contributed by atoms with Crippen LogP contribution in [0.5, 0.6) is 11.5 Å². The van der Waals surface area contributed by atoms with Gasteiger partial charge in [0.1, 0.15) is 17.2 Å². The van der Waals surface area contributed by atoms with Crippen LogP contribution in [0, 0.1) is 0 Å². The highest BCUT2D eigenvalue weighted by molar-refractivity contribution is 5.81. The fraction of sp³-hybridized carbons (Fsp3) is 0.250. The molecule has 3 N–H and O–H groups in total. The van der Waals surface area contributed by atoms with Crippen LogP contribution in [-0.2, 0) is 13.1 Å². The molecule has 1 aromatic carbocycles. The Bertz CT molecular complexity index is 675. The van der Waals surface area contributed by atoms with Gasteiger partial charge in [0, 0.05) is 17.4 Å². The van der Waals surface area contributed by atoms with Crippen LogP contribution in [0.4, 0.5) is 5.69 Å². The number of aliphatic hydroxyl groups excluding tert-OH is 1. The van der Waals surface area contributed by atoms with Gasteiger partial charge in [0.25, 0.3) is 0 Å². The van der Waals surface area contributed by atoms with E-state index in [1.807, 2.05) is 31.2 Å². The van der Waals surface area contributed by atoms with Gasteiger partial charge < -0.3 is 20.3 Å². The monoisotopic (exact) mass is 303 g/mol. The molecule has 2 rings (SSSR count). The molecular weight excluding hydrogens is 284 g/mol. The molecule has 0 fully saturated rings. The average molecular weight is 303 g/mol. The lowest BCUT2D eigenvalue weighted by atomic mass is 10.1. The zero-order chi connectivity index (χ0) is 16.8. The normalized spacial score (nSPS) is 12.4. The van der Waals surface area contributed by atoms with Crippen LogP contribution >= 0.6 is 0 Å². The van der Waals surface area contributed by atoms with E-state index < -0.39 is 6.58 Å². The van der Waals surface area contributed by atoms with Crippen molar-refractivity contribution in [3.05, 3.63) is 47.3 Å². The van der Waals surface area contributed by atoms with Gasteiger partial charge in [0.15, 0.2) is 6.29 Å². The second kappa shape index (κ2) is 7.42. The molecule has 6 nitrogen and oxygen atoms in total. The van der Waals surface area contributed by atoms with E-state index in [1.165, 1.54) is 6.20 Å². The summed E-state index contributed by atoms with van der Waals surface area (Å²) in [5, 5.41) is 22.4. The van der Waals surface area contributed by atoms with Gasteiger partial charge in [-0.1, -0.05) is 0 Å². The highest BCUT2D eigenvalue weighted by Gasteiger charge is 2.12.